The monoisotopic (exact) mass is 732 g/mol. The number of amides is 3. The number of aryl methyl sites for hydroxylation is 1. The number of esters is 1. The van der Waals surface area contributed by atoms with Crippen LogP contribution in [0.5, 0.6) is 0 Å². The van der Waals surface area contributed by atoms with Crippen molar-refractivity contribution in [3.05, 3.63) is 70.9 Å². The Kier molecular flexibility index (Phi) is 12.7. The van der Waals surface area contributed by atoms with Gasteiger partial charge in [-0.3, -0.25) is 24.1 Å². The first-order valence-electron chi connectivity index (χ1n) is 18.0. The van der Waals surface area contributed by atoms with E-state index in [4.69, 9.17) is 4.74 Å². The molecule has 4 atom stereocenters. The number of likely N-dealkylation sites (tertiary alicyclic amines) is 1. The Labute approximate surface area is 310 Å². The Morgan fingerprint density at radius 3 is 2.27 bits per heavy atom. The summed E-state index contributed by atoms with van der Waals surface area (Å²) in [5, 5.41) is 16.6. The van der Waals surface area contributed by atoms with E-state index in [0.29, 0.717) is 19.7 Å². The van der Waals surface area contributed by atoms with E-state index < -0.39 is 23.6 Å². The van der Waals surface area contributed by atoms with Gasteiger partial charge in [0.1, 0.15) is 12.1 Å². The van der Waals surface area contributed by atoms with Crippen molar-refractivity contribution in [2.45, 2.75) is 78.6 Å². The number of thiazole rings is 1. The Morgan fingerprint density at radius 1 is 1.00 bits per heavy atom. The number of hydrogen-bond donors (Lipinski definition) is 3. The van der Waals surface area contributed by atoms with Gasteiger partial charge >= 0.3 is 5.97 Å². The predicted molar refractivity (Wildman–Crippen MR) is 202 cm³/mol. The fraction of sp³-hybridized carbons (Fsp3) is 0.513. The maximum absolute atomic E-state index is 14.1. The van der Waals surface area contributed by atoms with E-state index in [1.807, 2.05) is 88.7 Å². The summed E-state index contributed by atoms with van der Waals surface area (Å²) in [6.45, 7) is 14.6. The van der Waals surface area contributed by atoms with Crippen LogP contribution in [0.15, 0.2) is 54.0 Å². The molecule has 1 aromatic heterocycles. The van der Waals surface area contributed by atoms with Crippen LogP contribution < -0.4 is 15.5 Å². The van der Waals surface area contributed by atoms with Crippen LogP contribution in [0.2, 0.25) is 0 Å². The molecule has 52 heavy (non-hydrogen) atoms. The molecule has 0 unspecified atom stereocenters. The average molecular weight is 733 g/mol. The maximum Gasteiger partial charge on any atom is 0.310 e. The van der Waals surface area contributed by atoms with Crippen LogP contribution in [0.1, 0.15) is 63.9 Å². The van der Waals surface area contributed by atoms with Crippen LogP contribution in [-0.4, -0.2) is 108 Å². The summed E-state index contributed by atoms with van der Waals surface area (Å²) in [7, 11) is 0. The second-order valence-electron chi connectivity index (χ2n) is 14.8. The van der Waals surface area contributed by atoms with Crippen molar-refractivity contribution in [3.63, 3.8) is 0 Å². The molecule has 3 heterocycles. The first-order valence-corrected chi connectivity index (χ1v) is 18.9. The third-order valence-corrected chi connectivity index (χ3v) is 10.7. The second kappa shape index (κ2) is 17.0. The number of hydrogen-bond acceptors (Lipinski definition) is 10. The van der Waals surface area contributed by atoms with Crippen LogP contribution in [-0.2, 0) is 30.3 Å². The highest BCUT2D eigenvalue weighted by Crippen LogP contribution is 2.30. The van der Waals surface area contributed by atoms with Gasteiger partial charge in [0, 0.05) is 44.8 Å². The van der Waals surface area contributed by atoms with Crippen molar-refractivity contribution in [1.82, 2.24) is 25.4 Å². The summed E-state index contributed by atoms with van der Waals surface area (Å²) in [6, 6.07) is 13.8. The van der Waals surface area contributed by atoms with Crippen molar-refractivity contribution in [1.29, 1.82) is 0 Å². The summed E-state index contributed by atoms with van der Waals surface area (Å²) in [5.41, 5.74) is 6.07. The standard InChI is InChI=1S/C39H52N6O6S/c1-7-51-34(48)20-27-8-14-30(15-9-27)44-18-16-43(17-19-44)23-33(47)42-36(39(4,5)6)38(50)45-22-31(46)21-32(45)37(49)41-25(2)28-10-12-29(13-11-28)35-26(3)40-24-52-35/h8-15,24-25,31-32,36,46H,7,16-23H2,1-6H3,(H,41,49)(H,42,47)/t25-,31+,32-,36+/m0/s1. The molecule has 3 N–H and O–H groups in total. The molecule has 0 bridgehead atoms. The molecule has 2 aliphatic rings. The van der Waals surface area contributed by atoms with Gasteiger partial charge in [0.25, 0.3) is 0 Å². The van der Waals surface area contributed by atoms with Gasteiger partial charge in [0.15, 0.2) is 0 Å². The van der Waals surface area contributed by atoms with Gasteiger partial charge in [-0.25, -0.2) is 4.98 Å². The molecule has 2 fully saturated rings. The molecule has 5 rings (SSSR count). The topological polar surface area (TPSA) is 144 Å². The third-order valence-electron chi connectivity index (χ3n) is 9.75. The lowest BCUT2D eigenvalue weighted by atomic mass is 9.85. The van der Waals surface area contributed by atoms with Gasteiger partial charge in [0.2, 0.25) is 17.7 Å². The fourth-order valence-electron chi connectivity index (χ4n) is 6.79. The lowest BCUT2D eigenvalue weighted by Gasteiger charge is -2.37. The van der Waals surface area contributed by atoms with E-state index in [1.54, 1.807) is 18.3 Å². The van der Waals surface area contributed by atoms with Crippen molar-refractivity contribution in [3.8, 4) is 10.4 Å². The minimum absolute atomic E-state index is 0.0163. The highest BCUT2D eigenvalue weighted by molar-refractivity contribution is 7.13. The number of aliphatic hydroxyl groups is 1. The number of carbonyl (C=O) groups is 4. The summed E-state index contributed by atoms with van der Waals surface area (Å²) >= 11 is 1.58. The van der Waals surface area contributed by atoms with Crippen LogP contribution >= 0.6 is 11.3 Å². The lowest BCUT2D eigenvalue weighted by Crippen LogP contribution is -2.59. The quantitative estimate of drug-likeness (QED) is 0.238. The van der Waals surface area contributed by atoms with Gasteiger partial charge < -0.3 is 30.3 Å². The molecule has 0 spiro atoms. The molecule has 0 radical (unpaired) electrons. The van der Waals surface area contributed by atoms with E-state index in [1.165, 1.54) is 4.90 Å². The molecule has 13 heteroatoms. The number of anilines is 1. The largest absolute Gasteiger partial charge is 0.466 e. The molecule has 280 valence electrons. The molecular weight excluding hydrogens is 681 g/mol. The molecule has 3 amide bonds. The minimum Gasteiger partial charge on any atom is -0.466 e. The number of rotatable bonds is 12. The number of ether oxygens (including phenoxy) is 1. The molecule has 12 nitrogen and oxygen atoms in total. The zero-order chi connectivity index (χ0) is 37.6. The maximum atomic E-state index is 14.1. The minimum atomic E-state index is -0.893. The van der Waals surface area contributed by atoms with Crippen LogP contribution in [0.4, 0.5) is 5.69 Å². The summed E-state index contributed by atoms with van der Waals surface area (Å²) in [6.07, 6.45) is -0.486. The Hall–Kier alpha value is -4.33. The number of β-amino-alcohol motifs (C(OH)–C–C–N with tert-alkyl or cyclic N) is 1. The number of nitrogens with zero attached hydrogens (tertiary/aromatic N) is 4. The lowest BCUT2D eigenvalue weighted by molar-refractivity contribution is -0.144. The molecule has 2 saturated heterocycles. The Bertz CT molecular complexity index is 1700. The van der Waals surface area contributed by atoms with Crippen molar-refractivity contribution >= 4 is 40.7 Å². The third kappa shape index (κ3) is 9.75. The number of aliphatic hydroxyl groups excluding tert-OH is 1. The van der Waals surface area contributed by atoms with Crippen molar-refractivity contribution in [2.24, 2.45) is 5.41 Å². The SMILES string of the molecule is CCOC(=O)Cc1ccc(N2CCN(CC(=O)N[C@H](C(=O)N3C[C@H](O)C[C@H]3C(=O)N[C@@H](C)c3ccc(-c4scnc4C)cc3)C(C)(C)C)CC2)cc1. The van der Waals surface area contributed by atoms with Crippen LogP contribution in [0, 0.1) is 12.3 Å². The van der Waals surface area contributed by atoms with Gasteiger partial charge in [-0.1, -0.05) is 57.2 Å². The van der Waals surface area contributed by atoms with Crippen LogP contribution in [0.25, 0.3) is 10.4 Å². The predicted octanol–water partition coefficient (Wildman–Crippen LogP) is 3.72. The molecule has 3 aromatic rings. The average Bonchev–Trinajstić information content (AvgIpc) is 3.72. The zero-order valence-electron chi connectivity index (χ0n) is 31.1. The number of aromatic nitrogens is 1. The van der Waals surface area contributed by atoms with Gasteiger partial charge in [-0.05, 0) is 55.0 Å². The first kappa shape index (κ1) is 38.9. The molecule has 0 saturated carbocycles. The van der Waals surface area contributed by atoms with E-state index in [0.717, 1.165) is 46.0 Å². The van der Waals surface area contributed by atoms with E-state index in [2.05, 4.69) is 25.4 Å². The highest BCUT2D eigenvalue weighted by Gasteiger charge is 2.44. The summed E-state index contributed by atoms with van der Waals surface area (Å²) in [4.78, 5) is 64.1. The number of carbonyl (C=O) groups excluding carboxylic acids is 4. The van der Waals surface area contributed by atoms with E-state index >= 15 is 0 Å². The number of nitrogens with one attached hydrogen (secondary N) is 2. The Morgan fingerprint density at radius 2 is 1.67 bits per heavy atom. The number of piperazine rings is 1. The molecule has 0 aliphatic carbocycles. The van der Waals surface area contributed by atoms with E-state index in [9.17, 15) is 24.3 Å². The smallest absolute Gasteiger partial charge is 0.310 e. The summed E-state index contributed by atoms with van der Waals surface area (Å²) in [5.74, 6) is -1.24. The van der Waals surface area contributed by atoms with Crippen molar-refractivity contribution in [2.75, 3.05) is 50.8 Å². The molecular formula is C39H52N6O6S. The first-order chi connectivity index (χ1) is 24.7. The zero-order valence-corrected chi connectivity index (χ0v) is 31.9. The highest BCUT2D eigenvalue weighted by atomic mass is 32.1. The molecule has 2 aliphatic heterocycles. The van der Waals surface area contributed by atoms with Gasteiger partial charge in [-0.2, -0.15) is 0 Å². The van der Waals surface area contributed by atoms with Gasteiger partial charge in [0.05, 0.1) is 47.8 Å². The fourth-order valence-corrected chi connectivity index (χ4v) is 7.60. The van der Waals surface area contributed by atoms with Crippen molar-refractivity contribution < 1.29 is 29.0 Å². The summed E-state index contributed by atoms with van der Waals surface area (Å²) < 4.78 is 5.04. The normalized spacial score (nSPS) is 19.2. The van der Waals surface area contributed by atoms with E-state index in [-0.39, 0.29) is 55.7 Å². The number of benzene rings is 2. The Balaban J connectivity index is 1.15. The van der Waals surface area contributed by atoms with Crippen LogP contribution in [0.3, 0.4) is 0 Å². The molecule has 2 aromatic carbocycles. The second-order valence-corrected chi connectivity index (χ2v) is 15.6. The van der Waals surface area contributed by atoms with Gasteiger partial charge in [-0.15, -0.1) is 11.3 Å².